The number of amides is 1. The second-order valence-electron chi connectivity index (χ2n) is 8.34. The Morgan fingerprint density at radius 1 is 1.03 bits per heavy atom. The third kappa shape index (κ3) is 4.83. The molecule has 4 rings (SSSR count). The summed E-state index contributed by atoms with van der Waals surface area (Å²) in [6.07, 6.45) is 3.58. The zero-order chi connectivity index (χ0) is 24.2. The predicted octanol–water partition coefficient (Wildman–Crippen LogP) is 4.67. The van der Waals surface area contributed by atoms with Gasteiger partial charge < -0.3 is 14.7 Å². The Morgan fingerprint density at radius 2 is 1.68 bits per heavy atom. The van der Waals surface area contributed by atoms with Crippen molar-refractivity contribution in [2.75, 3.05) is 6.54 Å². The highest BCUT2D eigenvalue weighted by molar-refractivity contribution is 6.46. The summed E-state index contributed by atoms with van der Waals surface area (Å²) in [5.74, 6) is -1.39. The molecule has 2 heterocycles. The number of hydrogen-bond donors (Lipinski definition) is 1. The summed E-state index contributed by atoms with van der Waals surface area (Å²) in [4.78, 5) is 31.6. The van der Waals surface area contributed by atoms with Crippen LogP contribution in [-0.4, -0.2) is 39.3 Å². The number of ketones is 1. The van der Waals surface area contributed by atoms with E-state index in [2.05, 4.69) is 4.98 Å². The maximum Gasteiger partial charge on any atom is 0.295 e. The first-order valence-electron chi connectivity index (χ1n) is 11.0. The molecular formula is C27H25FN2O4. The van der Waals surface area contributed by atoms with Crippen LogP contribution in [0.1, 0.15) is 36.6 Å². The van der Waals surface area contributed by atoms with Gasteiger partial charge in [-0.3, -0.25) is 14.6 Å². The van der Waals surface area contributed by atoms with Gasteiger partial charge in [-0.15, -0.1) is 0 Å². The molecule has 0 bridgehead atoms. The normalized spacial score (nSPS) is 17.4. The van der Waals surface area contributed by atoms with Crippen molar-refractivity contribution in [1.82, 2.24) is 9.88 Å². The lowest BCUT2D eigenvalue weighted by Crippen LogP contribution is -2.31. The van der Waals surface area contributed by atoms with Gasteiger partial charge in [-0.2, -0.15) is 0 Å². The minimum atomic E-state index is -0.768. The van der Waals surface area contributed by atoms with Crippen molar-refractivity contribution in [1.29, 1.82) is 0 Å². The van der Waals surface area contributed by atoms with E-state index in [1.54, 1.807) is 60.9 Å². The number of hydrogen-bond acceptors (Lipinski definition) is 5. The molecule has 1 aliphatic heterocycles. The molecule has 1 saturated heterocycles. The molecule has 0 radical (unpaired) electrons. The number of benzene rings is 2. The fourth-order valence-electron chi connectivity index (χ4n) is 4.02. The lowest BCUT2D eigenvalue weighted by atomic mass is 9.96. The van der Waals surface area contributed by atoms with E-state index in [-0.39, 0.29) is 29.8 Å². The first-order chi connectivity index (χ1) is 16.3. The molecule has 1 atom stereocenters. The number of halogens is 1. The number of pyridine rings is 1. The third-order valence-electron chi connectivity index (χ3n) is 5.62. The van der Waals surface area contributed by atoms with Gasteiger partial charge >= 0.3 is 0 Å². The van der Waals surface area contributed by atoms with Crippen LogP contribution in [0.5, 0.6) is 5.75 Å². The van der Waals surface area contributed by atoms with E-state index in [0.29, 0.717) is 23.3 Å². The Labute approximate surface area is 197 Å². The number of rotatable bonds is 7. The summed E-state index contributed by atoms with van der Waals surface area (Å²) in [7, 11) is 0. The lowest BCUT2D eigenvalue weighted by molar-refractivity contribution is -0.139. The quantitative estimate of drug-likeness (QED) is 0.315. The van der Waals surface area contributed by atoms with Crippen molar-refractivity contribution in [3.05, 3.63) is 101 Å². The summed E-state index contributed by atoms with van der Waals surface area (Å²) in [6.45, 7) is 4.05. The van der Waals surface area contributed by atoms with E-state index in [9.17, 15) is 19.1 Å². The molecule has 34 heavy (non-hydrogen) atoms. The number of aromatic nitrogens is 1. The van der Waals surface area contributed by atoms with E-state index in [4.69, 9.17) is 4.74 Å². The molecule has 6 nitrogen and oxygen atoms in total. The standard InChI is InChI=1S/C27H25FN2O4/c1-17(2)34-22-9-5-20(6-10-22)25(31)23-24(19-11-14-29-15-12-19)30(27(33)26(23)32)16-13-18-3-7-21(28)8-4-18/h3-12,14-15,17,24,31H,13,16H2,1-2H3/b25-23-. The Hall–Kier alpha value is -4.00. The van der Waals surface area contributed by atoms with E-state index in [1.165, 1.54) is 17.0 Å². The Morgan fingerprint density at radius 3 is 2.29 bits per heavy atom. The molecule has 1 aliphatic rings. The first kappa shape index (κ1) is 23.2. The monoisotopic (exact) mass is 460 g/mol. The van der Waals surface area contributed by atoms with Crippen molar-refractivity contribution in [3.63, 3.8) is 0 Å². The summed E-state index contributed by atoms with van der Waals surface area (Å²) in [5.41, 5.74) is 1.92. The van der Waals surface area contributed by atoms with Crippen LogP contribution in [0.3, 0.4) is 0 Å². The SMILES string of the molecule is CC(C)Oc1ccc(/C(O)=C2/C(=O)C(=O)N(CCc3ccc(F)cc3)C2c2ccncc2)cc1. The molecule has 3 aromatic rings. The number of carbonyl (C=O) groups is 2. The Kier molecular flexibility index (Phi) is 6.72. The number of nitrogens with zero attached hydrogens (tertiary/aromatic N) is 2. The predicted molar refractivity (Wildman–Crippen MR) is 126 cm³/mol. The number of aliphatic hydroxyl groups excluding tert-OH is 1. The van der Waals surface area contributed by atoms with Crippen molar-refractivity contribution >= 4 is 17.4 Å². The van der Waals surface area contributed by atoms with Gasteiger partial charge in [0.2, 0.25) is 0 Å². The maximum absolute atomic E-state index is 13.3. The zero-order valence-electron chi connectivity index (χ0n) is 18.9. The Bertz CT molecular complexity index is 1210. The molecule has 2 aromatic carbocycles. The average Bonchev–Trinajstić information content (AvgIpc) is 3.09. The van der Waals surface area contributed by atoms with Gasteiger partial charge in [0.15, 0.2) is 0 Å². The molecule has 1 fully saturated rings. The van der Waals surface area contributed by atoms with Gasteiger partial charge in [-0.05, 0) is 79.9 Å². The number of ether oxygens (including phenoxy) is 1. The Balaban J connectivity index is 1.70. The maximum atomic E-state index is 13.3. The molecule has 0 spiro atoms. The van der Waals surface area contributed by atoms with Gasteiger partial charge in [-0.1, -0.05) is 12.1 Å². The molecule has 1 unspecified atom stereocenters. The van der Waals surface area contributed by atoms with Crippen LogP contribution in [0, 0.1) is 5.82 Å². The summed E-state index contributed by atoms with van der Waals surface area (Å²) in [5, 5.41) is 11.1. The first-order valence-corrected chi connectivity index (χ1v) is 11.0. The van der Waals surface area contributed by atoms with Gasteiger partial charge in [0.05, 0.1) is 17.7 Å². The van der Waals surface area contributed by atoms with E-state index >= 15 is 0 Å². The lowest BCUT2D eigenvalue weighted by Gasteiger charge is -2.25. The third-order valence-corrected chi connectivity index (χ3v) is 5.62. The highest BCUT2D eigenvalue weighted by Gasteiger charge is 2.45. The minimum absolute atomic E-state index is 0.00225. The number of Topliss-reactive ketones (excluding diaryl/α,β-unsaturated/α-hetero) is 1. The molecule has 1 N–H and O–H groups in total. The van der Waals surface area contributed by atoms with Gasteiger partial charge in [-0.25, -0.2) is 4.39 Å². The summed E-state index contributed by atoms with van der Waals surface area (Å²) < 4.78 is 18.9. The number of carbonyl (C=O) groups excluding carboxylic acids is 2. The highest BCUT2D eigenvalue weighted by Crippen LogP contribution is 2.39. The summed E-state index contributed by atoms with van der Waals surface area (Å²) in [6, 6.07) is 15.4. The fraction of sp³-hybridized carbons (Fsp3) is 0.222. The molecular weight excluding hydrogens is 435 g/mol. The highest BCUT2D eigenvalue weighted by atomic mass is 19.1. The van der Waals surface area contributed by atoms with Crippen molar-refractivity contribution in [2.45, 2.75) is 32.4 Å². The number of likely N-dealkylation sites (tertiary alicyclic amines) is 1. The van der Waals surface area contributed by atoms with Crippen LogP contribution in [0.4, 0.5) is 4.39 Å². The summed E-state index contributed by atoms with van der Waals surface area (Å²) >= 11 is 0. The van der Waals surface area contributed by atoms with Crippen LogP contribution in [-0.2, 0) is 16.0 Å². The topological polar surface area (TPSA) is 79.7 Å². The van der Waals surface area contributed by atoms with E-state index in [1.807, 2.05) is 13.8 Å². The minimum Gasteiger partial charge on any atom is -0.507 e. The van der Waals surface area contributed by atoms with Crippen LogP contribution in [0.2, 0.25) is 0 Å². The molecule has 1 amide bonds. The number of aliphatic hydroxyl groups is 1. The molecule has 174 valence electrons. The van der Waals surface area contributed by atoms with E-state index < -0.39 is 17.7 Å². The largest absolute Gasteiger partial charge is 0.507 e. The van der Waals surface area contributed by atoms with Crippen LogP contribution in [0.25, 0.3) is 5.76 Å². The second kappa shape index (κ2) is 9.87. The van der Waals surface area contributed by atoms with Gasteiger partial charge in [0.1, 0.15) is 17.3 Å². The molecule has 0 aliphatic carbocycles. The van der Waals surface area contributed by atoms with Gasteiger partial charge in [0.25, 0.3) is 11.7 Å². The smallest absolute Gasteiger partial charge is 0.295 e. The molecule has 0 saturated carbocycles. The zero-order valence-corrected chi connectivity index (χ0v) is 18.9. The van der Waals surface area contributed by atoms with Crippen LogP contribution in [0.15, 0.2) is 78.6 Å². The van der Waals surface area contributed by atoms with Crippen molar-refractivity contribution < 1.29 is 23.8 Å². The average molecular weight is 461 g/mol. The van der Waals surface area contributed by atoms with E-state index in [0.717, 1.165) is 5.56 Å². The second-order valence-corrected chi connectivity index (χ2v) is 8.34. The fourth-order valence-corrected chi connectivity index (χ4v) is 4.02. The van der Waals surface area contributed by atoms with Crippen LogP contribution < -0.4 is 4.74 Å². The van der Waals surface area contributed by atoms with Crippen LogP contribution >= 0.6 is 0 Å². The molecule has 1 aromatic heterocycles. The van der Waals surface area contributed by atoms with Crippen molar-refractivity contribution in [2.24, 2.45) is 0 Å². The van der Waals surface area contributed by atoms with Gasteiger partial charge in [0, 0.05) is 24.5 Å². The molecule has 7 heteroatoms. The van der Waals surface area contributed by atoms with Crippen molar-refractivity contribution in [3.8, 4) is 5.75 Å².